The fraction of sp³-hybridized carbons (Fsp3) is 0.389. The van der Waals surface area contributed by atoms with Crippen molar-refractivity contribution in [1.29, 1.82) is 0 Å². The summed E-state index contributed by atoms with van der Waals surface area (Å²) < 4.78 is 4.43. The van der Waals surface area contributed by atoms with Gasteiger partial charge in [-0.2, -0.15) is 5.10 Å². The molecule has 3 saturated heterocycles. The smallest absolute Gasteiger partial charge is 0.0687 e. The van der Waals surface area contributed by atoms with Gasteiger partial charge in [-0.05, 0) is 62.2 Å². The molecule has 1 aromatic carbocycles. The lowest BCUT2D eigenvalue weighted by atomic mass is 9.84. The van der Waals surface area contributed by atoms with Crippen LogP contribution in [0.2, 0.25) is 0 Å². The van der Waals surface area contributed by atoms with E-state index >= 15 is 0 Å². The first kappa shape index (κ1) is 12.5. The minimum Gasteiger partial charge on any atom is -0.324 e. The largest absolute Gasteiger partial charge is 0.324 e. The molecule has 3 fully saturated rings. The van der Waals surface area contributed by atoms with Gasteiger partial charge in [0.05, 0.1) is 17.8 Å². The van der Waals surface area contributed by atoms with Crippen molar-refractivity contribution in [2.45, 2.75) is 18.9 Å². The summed E-state index contributed by atoms with van der Waals surface area (Å²) in [5.41, 5.74) is 2.47. The summed E-state index contributed by atoms with van der Waals surface area (Å²) in [6, 6.07) is 11.3. The zero-order valence-electron chi connectivity index (χ0n) is 12.6. The molecule has 0 N–H and O–H groups in total. The highest BCUT2D eigenvalue weighted by atomic mass is 15.3. The molecule has 0 amide bonds. The van der Waals surface area contributed by atoms with Crippen LogP contribution in [-0.2, 0) is 0 Å². The first-order valence-corrected chi connectivity index (χ1v) is 8.21. The van der Waals surface area contributed by atoms with E-state index in [-0.39, 0.29) is 0 Å². The van der Waals surface area contributed by atoms with Gasteiger partial charge in [0.15, 0.2) is 0 Å². The Labute approximate surface area is 129 Å². The first-order chi connectivity index (χ1) is 10.9. The van der Waals surface area contributed by atoms with E-state index in [1.165, 1.54) is 49.1 Å². The number of fused-ring (bicyclic) bond motifs is 4. The second kappa shape index (κ2) is 4.71. The maximum atomic E-state index is 4.74. The highest BCUT2D eigenvalue weighted by molar-refractivity contribution is 5.81. The molecule has 0 radical (unpaired) electrons. The highest BCUT2D eigenvalue weighted by Gasteiger charge is 2.36. The molecule has 0 aliphatic carbocycles. The average molecular weight is 292 g/mol. The average Bonchev–Trinajstić information content (AvgIpc) is 3.25. The van der Waals surface area contributed by atoms with Crippen molar-refractivity contribution in [3.8, 4) is 5.69 Å². The Hall–Kier alpha value is -2.07. The van der Waals surface area contributed by atoms with Gasteiger partial charge in [0.2, 0.25) is 0 Å². The Bertz CT molecular complexity index is 794. The van der Waals surface area contributed by atoms with Crippen LogP contribution in [0.1, 0.15) is 18.9 Å². The van der Waals surface area contributed by atoms with Gasteiger partial charge >= 0.3 is 0 Å². The van der Waals surface area contributed by atoms with Crippen molar-refractivity contribution >= 4 is 10.9 Å². The summed E-state index contributed by atoms with van der Waals surface area (Å²) >= 11 is 0. The summed E-state index contributed by atoms with van der Waals surface area (Å²) in [7, 11) is 0. The van der Waals surface area contributed by atoms with Crippen LogP contribution in [0.15, 0.2) is 48.9 Å². The molecule has 2 aromatic heterocycles. The molecule has 0 spiro atoms. The SMILES string of the molecule is c1ccn(-c2ccc3c(cnn3[C@H]3CN4CCC3CC4)c2)c1. The van der Waals surface area contributed by atoms with E-state index in [9.17, 15) is 0 Å². The third kappa shape index (κ3) is 1.83. The topological polar surface area (TPSA) is 26.0 Å². The summed E-state index contributed by atoms with van der Waals surface area (Å²) in [6.45, 7) is 3.72. The van der Waals surface area contributed by atoms with Gasteiger partial charge < -0.3 is 9.47 Å². The molecule has 2 bridgehead atoms. The van der Waals surface area contributed by atoms with Crippen molar-refractivity contribution in [2.75, 3.05) is 19.6 Å². The van der Waals surface area contributed by atoms with Crippen LogP contribution in [-0.4, -0.2) is 38.9 Å². The van der Waals surface area contributed by atoms with Crippen molar-refractivity contribution in [1.82, 2.24) is 19.2 Å². The van der Waals surface area contributed by atoms with Crippen LogP contribution in [0.5, 0.6) is 0 Å². The zero-order valence-corrected chi connectivity index (χ0v) is 12.6. The van der Waals surface area contributed by atoms with Crippen LogP contribution >= 0.6 is 0 Å². The minimum absolute atomic E-state index is 0.553. The Morgan fingerprint density at radius 2 is 1.86 bits per heavy atom. The van der Waals surface area contributed by atoms with Crippen LogP contribution in [0.25, 0.3) is 16.6 Å². The van der Waals surface area contributed by atoms with E-state index in [1.807, 2.05) is 6.20 Å². The van der Waals surface area contributed by atoms with E-state index in [0.717, 1.165) is 5.92 Å². The number of rotatable bonds is 2. The third-order valence-corrected chi connectivity index (χ3v) is 5.42. The molecule has 112 valence electrons. The Morgan fingerprint density at radius 1 is 1.05 bits per heavy atom. The maximum Gasteiger partial charge on any atom is 0.0687 e. The number of nitrogens with zero attached hydrogens (tertiary/aromatic N) is 4. The highest BCUT2D eigenvalue weighted by Crippen LogP contribution is 2.36. The molecule has 22 heavy (non-hydrogen) atoms. The van der Waals surface area contributed by atoms with E-state index in [0.29, 0.717) is 6.04 Å². The summed E-state index contributed by atoms with van der Waals surface area (Å²) in [6.07, 6.45) is 8.85. The quantitative estimate of drug-likeness (QED) is 0.725. The molecule has 4 nitrogen and oxygen atoms in total. The van der Waals surface area contributed by atoms with Gasteiger partial charge in [-0.15, -0.1) is 0 Å². The van der Waals surface area contributed by atoms with Crippen LogP contribution in [0.3, 0.4) is 0 Å². The van der Waals surface area contributed by atoms with Gasteiger partial charge in [0, 0.05) is 30.0 Å². The second-order valence-corrected chi connectivity index (χ2v) is 6.63. The monoisotopic (exact) mass is 292 g/mol. The molecule has 6 rings (SSSR count). The van der Waals surface area contributed by atoms with Gasteiger partial charge in [-0.1, -0.05) is 0 Å². The molecule has 4 heteroatoms. The van der Waals surface area contributed by atoms with Gasteiger partial charge in [0.1, 0.15) is 0 Å². The fourth-order valence-corrected chi connectivity index (χ4v) is 4.18. The van der Waals surface area contributed by atoms with E-state index in [4.69, 9.17) is 5.10 Å². The summed E-state index contributed by atoms with van der Waals surface area (Å²) in [4.78, 5) is 2.59. The molecule has 0 saturated carbocycles. The van der Waals surface area contributed by atoms with E-state index in [2.05, 4.69) is 56.9 Å². The lowest BCUT2D eigenvalue weighted by molar-refractivity contribution is 0.0534. The van der Waals surface area contributed by atoms with Crippen LogP contribution < -0.4 is 0 Å². The molecular weight excluding hydrogens is 272 g/mol. The molecule has 3 aromatic rings. The van der Waals surface area contributed by atoms with Gasteiger partial charge in [-0.25, -0.2) is 0 Å². The fourth-order valence-electron chi connectivity index (χ4n) is 4.18. The molecule has 1 atom stereocenters. The molecular formula is C18H20N4. The number of aromatic nitrogens is 3. The summed E-state index contributed by atoms with van der Waals surface area (Å²) in [5.74, 6) is 0.803. The van der Waals surface area contributed by atoms with Crippen molar-refractivity contribution < 1.29 is 0 Å². The number of hydrogen-bond acceptors (Lipinski definition) is 2. The first-order valence-electron chi connectivity index (χ1n) is 8.21. The minimum atomic E-state index is 0.553. The summed E-state index contributed by atoms with van der Waals surface area (Å²) in [5, 5.41) is 5.98. The Kier molecular flexibility index (Phi) is 2.67. The van der Waals surface area contributed by atoms with Crippen LogP contribution in [0, 0.1) is 5.92 Å². The van der Waals surface area contributed by atoms with Crippen molar-refractivity contribution in [3.05, 3.63) is 48.9 Å². The van der Waals surface area contributed by atoms with Gasteiger partial charge in [0.25, 0.3) is 0 Å². The number of benzene rings is 1. The molecule has 3 aliphatic heterocycles. The molecule has 0 unspecified atom stereocenters. The van der Waals surface area contributed by atoms with Crippen molar-refractivity contribution in [2.24, 2.45) is 5.92 Å². The van der Waals surface area contributed by atoms with E-state index in [1.54, 1.807) is 0 Å². The van der Waals surface area contributed by atoms with E-state index < -0.39 is 0 Å². The van der Waals surface area contributed by atoms with Crippen LogP contribution in [0.4, 0.5) is 0 Å². The number of hydrogen-bond donors (Lipinski definition) is 0. The second-order valence-electron chi connectivity index (χ2n) is 6.63. The third-order valence-electron chi connectivity index (χ3n) is 5.42. The van der Waals surface area contributed by atoms with Gasteiger partial charge in [-0.3, -0.25) is 4.68 Å². The predicted octanol–water partition coefficient (Wildman–Crippen LogP) is 3.09. The normalized spacial score (nSPS) is 27.5. The van der Waals surface area contributed by atoms with Crippen molar-refractivity contribution in [3.63, 3.8) is 0 Å². The lowest BCUT2D eigenvalue weighted by Crippen LogP contribution is -2.48. The lowest BCUT2D eigenvalue weighted by Gasteiger charge is -2.44. The zero-order chi connectivity index (χ0) is 14.5. The molecule has 5 heterocycles. The number of piperidine rings is 3. The predicted molar refractivity (Wildman–Crippen MR) is 87.3 cm³/mol. The Morgan fingerprint density at radius 3 is 2.59 bits per heavy atom. The Balaban J connectivity index is 1.56. The standard InChI is InChI=1S/C18H20N4/c1-2-8-21(7-1)16-3-4-17-15(11-16)12-19-22(17)18-13-20-9-5-14(18)6-10-20/h1-4,7-8,11-12,14,18H,5-6,9-10,13H2/t18-/m0/s1. The maximum absolute atomic E-state index is 4.74. The molecule has 3 aliphatic rings.